The molecule has 0 radical (unpaired) electrons. The SMILES string of the molecule is CC(C)Oc1cccc(Oc2cccc(N(Cc3cccc(C(F)(F)C(F)(F)C(F)(F)F)c3)C[C@@H](O)C(F)(F)F)c2)c1. The molecule has 3 aromatic carbocycles. The van der Waals surface area contributed by atoms with E-state index in [1.54, 1.807) is 38.1 Å². The number of alkyl halides is 10. The zero-order valence-electron chi connectivity index (χ0n) is 22.0. The Labute approximate surface area is 234 Å². The van der Waals surface area contributed by atoms with E-state index < -0.39 is 49.0 Å². The van der Waals surface area contributed by atoms with Crippen LogP contribution in [0.15, 0.2) is 72.8 Å². The Balaban J connectivity index is 1.95. The average molecular weight is 613 g/mol. The summed E-state index contributed by atoms with van der Waals surface area (Å²) in [6, 6.07) is 14.4. The molecule has 3 rings (SSSR count). The van der Waals surface area contributed by atoms with Gasteiger partial charge >= 0.3 is 24.2 Å². The third kappa shape index (κ3) is 7.78. The molecule has 0 aliphatic heterocycles. The maximum atomic E-state index is 14.3. The van der Waals surface area contributed by atoms with Crippen LogP contribution < -0.4 is 14.4 Å². The van der Waals surface area contributed by atoms with Crippen LogP contribution in [-0.4, -0.2) is 42.1 Å². The number of halogens is 10. The van der Waals surface area contributed by atoms with Gasteiger partial charge in [0.15, 0.2) is 6.10 Å². The lowest BCUT2D eigenvalue weighted by Gasteiger charge is -2.30. The molecule has 0 aliphatic rings. The van der Waals surface area contributed by atoms with Crippen molar-refractivity contribution in [2.45, 2.75) is 56.8 Å². The topological polar surface area (TPSA) is 41.9 Å². The first-order valence-electron chi connectivity index (χ1n) is 12.3. The number of aliphatic hydroxyl groups excluding tert-OH is 1. The minimum Gasteiger partial charge on any atom is -0.491 e. The highest BCUT2D eigenvalue weighted by atomic mass is 19.4. The first-order chi connectivity index (χ1) is 19.3. The molecule has 0 aromatic heterocycles. The minimum absolute atomic E-state index is 0.0110. The highest BCUT2D eigenvalue weighted by Gasteiger charge is 2.73. The third-order valence-electron chi connectivity index (χ3n) is 5.78. The Bertz CT molecular complexity index is 1340. The van der Waals surface area contributed by atoms with Crippen molar-refractivity contribution in [3.8, 4) is 17.2 Å². The van der Waals surface area contributed by atoms with Gasteiger partial charge < -0.3 is 19.5 Å². The maximum Gasteiger partial charge on any atom is 0.460 e. The lowest BCUT2D eigenvalue weighted by molar-refractivity contribution is -0.359. The third-order valence-corrected chi connectivity index (χ3v) is 5.78. The van der Waals surface area contributed by atoms with Crippen molar-refractivity contribution in [3.63, 3.8) is 0 Å². The van der Waals surface area contributed by atoms with E-state index >= 15 is 0 Å². The molecule has 14 heteroatoms. The first-order valence-corrected chi connectivity index (χ1v) is 12.3. The zero-order chi connectivity index (χ0) is 31.5. The van der Waals surface area contributed by atoms with Gasteiger partial charge in [-0.15, -0.1) is 0 Å². The molecule has 0 saturated heterocycles. The van der Waals surface area contributed by atoms with Crippen LogP contribution in [0.1, 0.15) is 25.0 Å². The second kappa shape index (κ2) is 12.3. The summed E-state index contributed by atoms with van der Waals surface area (Å²) in [4.78, 5) is 0.891. The lowest BCUT2D eigenvalue weighted by Crippen LogP contribution is -2.50. The number of benzene rings is 3. The number of rotatable bonds is 11. The van der Waals surface area contributed by atoms with Gasteiger partial charge in [-0.1, -0.05) is 30.3 Å². The van der Waals surface area contributed by atoms with Crippen molar-refractivity contribution in [1.29, 1.82) is 0 Å². The summed E-state index contributed by atoms with van der Waals surface area (Å²) in [6.45, 7) is 1.79. The van der Waals surface area contributed by atoms with Gasteiger partial charge in [0.1, 0.15) is 17.2 Å². The fourth-order valence-corrected chi connectivity index (χ4v) is 3.78. The summed E-state index contributed by atoms with van der Waals surface area (Å²) in [5.74, 6) is -11.2. The molecular formula is C28H25F10NO3. The Kier molecular flexibility index (Phi) is 9.60. The summed E-state index contributed by atoms with van der Waals surface area (Å²) < 4.78 is 145. The van der Waals surface area contributed by atoms with E-state index in [1.807, 2.05) is 0 Å². The molecule has 4 nitrogen and oxygen atoms in total. The van der Waals surface area contributed by atoms with E-state index in [2.05, 4.69) is 0 Å². The minimum atomic E-state index is -6.57. The monoisotopic (exact) mass is 613 g/mol. The quantitative estimate of drug-likeness (QED) is 0.220. The molecule has 0 unspecified atom stereocenters. The summed E-state index contributed by atoms with van der Waals surface area (Å²) in [7, 11) is 0. The molecule has 1 atom stereocenters. The summed E-state index contributed by atoms with van der Waals surface area (Å²) >= 11 is 0. The van der Waals surface area contributed by atoms with Crippen LogP contribution in [0.3, 0.4) is 0 Å². The molecular weight excluding hydrogens is 588 g/mol. The van der Waals surface area contributed by atoms with Gasteiger partial charge in [-0.05, 0) is 49.7 Å². The van der Waals surface area contributed by atoms with Crippen molar-refractivity contribution in [1.82, 2.24) is 0 Å². The predicted molar refractivity (Wildman–Crippen MR) is 133 cm³/mol. The van der Waals surface area contributed by atoms with Crippen molar-refractivity contribution >= 4 is 5.69 Å². The standard InChI is InChI=1S/C28H25F10NO3/c1-17(2)41-22-10-5-11-23(14-22)42-21-9-4-8-20(13-21)39(16-24(40)26(31,32)33)15-18-6-3-7-19(12-18)25(29,30)27(34,35)28(36,37)38/h3-14,17,24,40H,15-16H2,1-2H3/t24-/m1/s1. The number of nitrogens with zero attached hydrogens (tertiary/aromatic N) is 1. The number of hydrogen-bond donors (Lipinski definition) is 1. The van der Waals surface area contributed by atoms with Crippen LogP contribution in [-0.2, 0) is 12.5 Å². The molecule has 0 heterocycles. The van der Waals surface area contributed by atoms with Crippen LogP contribution in [0.25, 0.3) is 0 Å². The van der Waals surface area contributed by atoms with Crippen molar-refractivity contribution in [2.24, 2.45) is 0 Å². The molecule has 0 spiro atoms. The fourth-order valence-electron chi connectivity index (χ4n) is 3.78. The molecule has 3 aromatic rings. The zero-order valence-corrected chi connectivity index (χ0v) is 22.0. The highest BCUT2D eigenvalue weighted by molar-refractivity contribution is 5.52. The predicted octanol–water partition coefficient (Wildman–Crippen LogP) is 8.49. The van der Waals surface area contributed by atoms with E-state index in [0.717, 1.165) is 17.0 Å². The molecule has 0 bridgehead atoms. The second-order valence-electron chi connectivity index (χ2n) is 9.53. The number of aliphatic hydroxyl groups is 1. The Morgan fingerprint density at radius 3 is 1.90 bits per heavy atom. The van der Waals surface area contributed by atoms with Crippen LogP contribution >= 0.6 is 0 Å². The Morgan fingerprint density at radius 1 is 0.738 bits per heavy atom. The average Bonchev–Trinajstić information content (AvgIpc) is 2.87. The fraction of sp³-hybridized carbons (Fsp3) is 0.357. The molecule has 1 N–H and O–H groups in total. The van der Waals surface area contributed by atoms with Gasteiger partial charge in [0.2, 0.25) is 0 Å². The Hall–Kier alpha value is -3.68. The van der Waals surface area contributed by atoms with Crippen LogP contribution in [0.4, 0.5) is 49.6 Å². The summed E-state index contributed by atoms with van der Waals surface area (Å²) in [5.41, 5.74) is -2.04. The number of hydrogen-bond acceptors (Lipinski definition) is 4. The van der Waals surface area contributed by atoms with Crippen molar-refractivity contribution < 1.29 is 58.5 Å². The smallest absolute Gasteiger partial charge is 0.460 e. The Morgan fingerprint density at radius 2 is 1.31 bits per heavy atom. The van der Waals surface area contributed by atoms with Gasteiger partial charge in [-0.25, -0.2) is 0 Å². The maximum absolute atomic E-state index is 14.3. The number of anilines is 1. The lowest BCUT2D eigenvalue weighted by atomic mass is 9.99. The molecule has 230 valence electrons. The van der Waals surface area contributed by atoms with Crippen molar-refractivity contribution in [2.75, 3.05) is 11.4 Å². The van der Waals surface area contributed by atoms with E-state index in [1.165, 1.54) is 24.3 Å². The summed E-state index contributed by atoms with van der Waals surface area (Å²) in [6.07, 6.45) is -14.7. The van der Waals surface area contributed by atoms with Gasteiger partial charge in [-0.3, -0.25) is 0 Å². The molecule has 42 heavy (non-hydrogen) atoms. The van der Waals surface area contributed by atoms with Crippen LogP contribution in [0.5, 0.6) is 17.2 Å². The van der Waals surface area contributed by atoms with Crippen LogP contribution in [0.2, 0.25) is 0 Å². The molecule has 0 saturated carbocycles. The van der Waals surface area contributed by atoms with Gasteiger partial charge in [0.25, 0.3) is 0 Å². The highest BCUT2D eigenvalue weighted by Crippen LogP contribution is 2.51. The van der Waals surface area contributed by atoms with Gasteiger partial charge in [0.05, 0.1) is 12.6 Å². The van der Waals surface area contributed by atoms with E-state index in [9.17, 15) is 49.0 Å². The number of ether oxygens (including phenoxy) is 2. The molecule has 0 fully saturated rings. The first kappa shape index (κ1) is 32.8. The molecule has 0 amide bonds. The van der Waals surface area contributed by atoms with Gasteiger partial charge in [-0.2, -0.15) is 43.9 Å². The molecule has 0 aliphatic carbocycles. The second-order valence-corrected chi connectivity index (χ2v) is 9.53. The van der Waals surface area contributed by atoms with Crippen molar-refractivity contribution in [3.05, 3.63) is 83.9 Å². The normalized spacial score (nSPS) is 13.7. The van der Waals surface area contributed by atoms with E-state index in [-0.39, 0.29) is 23.1 Å². The van der Waals surface area contributed by atoms with E-state index in [4.69, 9.17) is 9.47 Å². The van der Waals surface area contributed by atoms with Gasteiger partial charge in [0, 0.05) is 29.9 Å². The largest absolute Gasteiger partial charge is 0.491 e. The van der Waals surface area contributed by atoms with Crippen LogP contribution in [0, 0.1) is 0 Å². The summed E-state index contributed by atoms with van der Waals surface area (Å²) in [5, 5.41) is 9.73. The van der Waals surface area contributed by atoms with E-state index in [0.29, 0.717) is 23.6 Å².